The minimum absolute atomic E-state index is 0.152. The summed E-state index contributed by atoms with van der Waals surface area (Å²) in [6.45, 7) is 0.361. The fourth-order valence-corrected chi connectivity index (χ4v) is 3.13. The first-order chi connectivity index (χ1) is 11.7. The Bertz CT molecular complexity index is 931. The predicted octanol–water partition coefficient (Wildman–Crippen LogP) is 4.69. The van der Waals surface area contributed by atoms with Gasteiger partial charge in [0, 0.05) is 10.0 Å². The summed E-state index contributed by atoms with van der Waals surface area (Å²) in [5.74, 6) is 0.997. The maximum absolute atomic E-state index is 12.5. The van der Waals surface area contributed by atoms with Crippen LogP contribution in [0, 0.1) is 0 Å². The highest BCUT2D eigenvalue weighted by molar-refractivity contribution is 9.10. The molecule has 3 aromatic rings. The third-order valence-electron chi connectivity index (χ3n) is 3.91. The lowest BCUT2D eigenvalue weighted by Gasteiger charge is -2.09. The first kappa shape index (κ1) is 15.0. The topological polar surface area (TPSA) is 44.8 Å². The highest BCUT2D eigenvalue weighted by Gasteiger charge is 2.18. The third kappa shape index (κ3) is 2.71. The van der Waals surface area contributed by atoms with Gasteiger partial charge in [-0.2, -0.15) is 0 Å². The largest absolute Gasteiger partial charge is 0.457 e. The van der Waals surface area contributed by atoms with Gasteiger partial charge in [-0.3, -0.25) is 0 Å². The van der Waals surface area contributed by atoms with E-state index in [9.17, 15) is 4.79 Å². The Morgan fingerprint density at radius 3 is 2.67 bits per heavy atom. The van der Waals surface area contributed by atoms with Crippen LogP contribution in [0.1, 0.15) is 15.9 Å². The second-order valence-corrected chi connectivity index (χ2v) is 6.25. The van der Waals surface area contributed by atoms with Gasteiger partial charge in [-0.05, 0) is 29.0 Å². The van der Waals surface area contributed by atoms with Gasteiger partial charge in [0.05, 0.1) is 5.56 Å². The number of rotatable bonds is 3. The van der Waals surface area contributed by atoms with E-state index >= 15 is 0 Å². The molecule has 0 fully saturated rings. The van der Waals surface area contributed by atoms with E-state index in [0.29, 0.717) is 17.1 Å². The van der Waals surface area contributed by atoms with Crippen molar-refractivity contribution >= 4 is 32.7 Å². The van der Waals surface area contributed by atoms with Crippen molar-refractivity contribution in [1.29, 1.82) is 0 Å². The Morgan fingerprint density at radius 2 is 1.79 bits per heavy atom. The summed E-state index contributed by atoms with van der Waals surface area (Å²) in [7, 11) is 0. The quantitative estimate of drug-likeness (QED) is 0.614. The summed E-state index contributed by atoms with van der Waals surface area (Å²) in [6.07, 6.45) is 0. The van der Waals surface area contributed by atoms with Crippen molar-refractivity contribution in [2.75, 3.05) is 6.79 Å². The zero-order chi connectivity index (χ0) is 16.5. The maximum atomic E-state index is 12.5. The standard InChI is InChI=1S/C19H13BrO4/c20-16-9-18-17(23-11-24-18)8-13(16)10-22-19(21)15-7-3-5-12-4-1-2-6-14(12)15/h1-9H,10-11H2. The van der Waals surface area contributed by atoms with E-state index in [1.165, 1.54) is 0 Å². The fourth-order valence-electron chi connectivity index (χ4n) is 2.69. The number of benzene rings is 3. The molecule has 5 heteroatoms. The summed E-state index contributed by atoms with van der Waals surface area (Å²) >= 11 is 3.47. The second-order valence-electron chi connectivity index (χ2n) is 5.40. The molecule has 0 saturated heterocycles. The van der Waals surface area contributed by atoms with Gasteiger partial charge in [-0.1, -0.05) is 52.3 Å². The fraction of sp³-hybridized carbons (Fsp3) is 0.105. The SMILES string of the molecule is O=C(OCc1cc2c(cc1Br)OCO2)c1cccc2ccccc12. The number of ether oxygens (including phenoxy) is 3. The lowest BCUT2D eigenvalue weighted by atomic mass is 10.0. The van der Waals surface area contributed by atoms with Crippen LogP contribution in [0.4, 0.5) is 0 Å². The van der Waals surface area contributed by atoms with Gasteiger partial charge in [-0.25, -0.2) is 4.79 Å². The van der Waals surface area contributed by atoms with E-state index in [4.69, 9.17) is 14.2 Å². The molecular weight excluding hydrogens is 372 g/mol. The summed E-state index contributed by atoms with van der Waals surface area (Å²) < 4.78 is 17.0. The minimum atomic E-state index is -0.351. The maximum Gasteiger partial charge on any atom is 0.339 e. The van der Waals surface area contributed by atoms with Crippen LogP contribution in [-0.2, 0) is 11.3 Å². The van der Waals surface area contributed by atoms with Gasteiger partial charge in [0.15, 0.2) is 11.5 Å². The molecule has 1 heterocycles. The van der Waals surface area contributed by atoms with Gasteiger partial charge < -0.3 is 14.2 Å². The number of carbonyl (C=O) groups is 1. The number of fused-ring (bicyclic) bond motifs is 2. The molecule has 24 heavy (non-hydrogen) atoms. The van der Waals surface area contributed by atoms with Gasteiger partial charge >= 0.3 is 5.97 Å². The first-order valence-electron chi connectivity index (χ1n) is 7.45. The highest BCUT2D eigenvalue weighted by atomic mass is 79.9. The van der Waals surface area contributed by atoms with Crippen molar-refractivity contribution in [3.8, 4) is 11.5 Å². The molecule has 0 bridgehead atoms. The monoisotopic (exact) mass is 384 g/mol. The van der Waals surface area contributed by atoms with Gasteiger partial charge in [0.1, 0.15) is 6.61 Å². The van der Waals surface area contributed by atoms with Crippen LogP contribution in [0.3, 0.4) is 0 Å². The summed E-state index contributed by atoms with van der Waals surface area (Å²) in [4.78, 5) is 12.5. The Hall–Kier alpha value is -2.53. The van der Waals surface area contributed by atoms with Crippen LogP contribution in [0.2, 0.25) is 0 Å². The zero-order valence-corrected chi connectivity index (χ0v) is 14.2. The summed E-state index contributed by atoms with van der Waals surface area (Å²) in [6, 6.07) is 17.0. The van der Waals surface area contributed by atoms with Crippen molar-refractivity contribution in [3.05, 3.63) is 70.2 Å². The van der Waals surface area contributed by atoms with Crippen molar-refractivity contribution in [1.82, 2.24) is 0 Å². The van der Waals surface area contributed by atoms with E-state index < -0.39 is 0 Å². The van der Waals surface area contributed by atoms with Crippen molar-refractivity contribution < 1.29 is 19.0 Å². The third-order valence-corrected chi connectivity index (χ3v) is 4.65. The Labute approximate surface area is 147 Å². The van der Waals surface area contributed by atoms with Gasteiger partial charge in [-0.15, -0.1) is 0 Å². The second kappa shape index (κ2) is 6.17. The molecule has 1 aliphatic rings. The van der Waals surface area contributed by atoms with Crippen LogP contribution >= 0.6 is 15.9 Å². The Balaban J connectivity index is 1.57. The molecule has 0 amide bonds. The molecule has 4 rings (SSSR count). The molecule has 120 valence electrons. The summed E-state index contributed by atoms with van der Waals surface area (Å²) in [5.41, 5.74) is 1.39. The average molecular weight is 385 g/mol. The Kier molecular flexibility index (Phi) is 3.86. The molecule has 4 nitrogen and oxygen atoms in total. The normalized spacial score (nSPS) is 12.4. The molecule has 3 aromatic carbocycles. The molecule has 0 atom stereocenters. The molecule has 0 N–H and O–H groups in total. The summed E-state index contributed by atoms with van der Waals surface area (Å²) in [5, 5.41) is 1.89. The smallest absolute Gasteiger partial charge is 0.339 e. The van der Waals surface area contributed by atoms with Gasteiger partial charge in [0.2, 0.25) is 6.79 Å². The van der Waals surface area contributed by atoms with Crippen LogP contribution in [0.15, 0.2) is 59.1 Å². The van der Waals surface area contributed by atoms with Crippen LogP contribution in [0.25, 0.3) is 10.8 Å². The molecule has 1 aliphatic heterocycles. The average Bonchev–Trinajstić information content (AvgIpc) is 3.06. The molecule has 0 unspecified atom stereocenters. The van der Waals surface area contributed by atoms with Crippen LogP contribution in [0.5, 0.6) is 11.5 Å². The lowest BCUT2D eigenvalue weighted by molar-refractivity contribution is 0.0474. The molecule has 0 radical (unpaired) electrons. The number of esters is 1. The number of hydrogen-bond donors (Lipinski definition) is 0. The number of hydrogen-bond acceptors (Lipinski definition) is 4. The van der Waals surface area contributed by atoms with Crippen molar-refractivity contribution in [2.24, 2.45) is 0 Å². The predicted molar refractivity (Wildman–Crippen MR) is 93.3 cm³/mol. The van der Waals surface area contributed by atoms with Crippen molar-refractivity contribution in [3.63, 3.8) is 0 Å². The first-order valence-corrected chi connectivity index (χ1v) is 8.24. The molecule has 0 spiro atoms. The van der Waals surface area contributed by atoms with Crippen LogP contribution in [-0.4, -0.2) is 12.8 Å². The van der Waals surface area contributed by atoms with Crippen molar-refractivity contribution in [2.45, 2.75) is 6.61 Å². The van der Waals surface area contributed by atoms with Gasteiger partial charge in [0.25, 0.3) is 0 Å². The number of carbonyl (C=O) groups excluding carboxylic acids is 1. The zero-order valence-electron chi connectivity index (χ0n) is 12.6. The molecule has 0 aliphatic carbocycles. The van der Waals surface area contributed by atoms with Crippen LogP contribution < -0.4 is 9.47 Å². The lowest BCUT2D eigenvalue weighted by Crippen LogP contribution is -2.06. The number of halogens is 1. The van der Waals surface area contributed by atoms with E-state index in [0.717, 1.165) is 20.8 Å². The van der Waals surface area contributed by atoms with E-state index in [1.54, 1.807) is 6.07 Å². The minimum Gasteiger partial charge on any atom is -0.457 e. The van der Waals surface area contributed by atoms with E-state index in [1.807, 2.05) is 48.5 Å². The van der Waals surface area contributed by atoms with E-state index in [2.05, 4.69) is 15.9 Å². The molecule has 0 saturated carbocycles. The molecule has 0 aromatic heterocycles. The molecular formula is C19H13BrO4. The highest BCUT2D eigenvalue weighted by Crippen LogP contribution is 2.37. The Morgan fingerprint density at radius 1 is 1.04 bits per heavy atom. The van der Waals surface area contributed by atoms with E-state index in [-0.39, 0.29) is 19.4 Å².